The van der Waals surface area contributed by atoms with E-state index in [2.05, 4.69) is 31.5 Å². The van der Waals surface area contributed by atoms with Crippen molar-refractivity contribution < 1.29 is 9.18 Å². The Hall–Kier alpha value is -0.590. The molecule has 0 aliphatic carbocycles. The number of alkyl halides is 1. The maximum absolute atomic E-state index is 13.6. The first-order valence-corrected chi connectivity index (χ1v) is 6.87. The van der Waals surface area contributed by atoms with Crippen molar-refractivity contribution in [1.29, 1.82) is 0 Å². The highest BCUT2D eigenvalue weighted by molar-refractivity contribution is 9.10. The van der Waals surface area contributed by atoms with Gasteiger partial charge in [-0.15, -0.1) is 0 Å². The summed E-state index contributed by atoms with van der Waals surface area (Å²) in [5.74, 6) is -0.372. The molecule has 1 aromatic heterocycles. The highest BCUT2D eigenvalue weighted by Crippen LogP contribution is 2.29. The van der Waals surface area contributed by atoms with E-state index in [0.29, 0.717) is 22.5 Å². The smallest absolute Gasteiger partial charge is 0.269 e. The highest BCUT2D eigenvalue weighted by atomic mass is 79.9. The van der Waals surface area contributed by atoms with Gasteiger partial charge in [-0.05, 0) is 35.8 Å². The normalized spacial score (nSPS) is 24.0. The van der Waals surface area contributed by atoms with E-state index >= 15 is 0 Å². The molecule has 1 amide bonds. The van der Waals surface area contributed by atoms with Crippen molar-refractivity contribution >= 4 is 33.4 Å². The summed E-state index contributed by atoms with van der Waals surface area (Å²) in [6.45, 7) is 2.77. The Morgan fingerprint density at radius 1 is 1.61 bits per heavy atom. The minimum atomic E-state index is -1.07. The van der Waals surface area contributed by atoms with Gasteiger partial charge in [0.25, 0.3) is 5.91 Å². The predicted octanol–water partition coefficient (Wildman–Crippen LogP) is 2.17. The molecule has 4 nitrogen and oxygen atoms in total. The summed E-state index contributed by atoms with van der Waals surface area (Å²) < 4.78 is 14.2. The molecule has 0 spiro atoms. The molecule has 18 heavy (non-hydrogen) atoms. The minimum absolute atomic E-state index is 0.270. The maximum Gasteiger partial charge on any atom is 0.269 e. The molecular weight excluding hydrogens is 324 g/mol. The number of aryl methyl sites for hydroxylation is 1. The lowest BCUT2D eigenvalue weighted by Gasteiger charge is -2.27. The molecule has 0 saturated carbocycles. The first kappa shape index (κ1) is 13.8. The third-order valence-electron chi connectivity index (χ3n) is 3.01. The third kappa shape index (κ3) is 2.70. The average molecular weight is 339 g/mol. The van der Waals surface area contributed by atoms with Gasteiger partial charge in [-0.2, -0.15) is 0 Å². The van der Waals surface area contributed by atoms with Crippen LogP contribution in [0.1, 0.15) is 22.6 Å². The Bertz CT molecular complexity index is 465. The molecule has 1 saturated heterocycles. The lowest BCUT2D eigenvalue weighted by molar-refractivity contribution is 0.0888. The Morgan fingerprint density at radius 2 is 2.33 bits per heavy atom. The fraction of sp³-hybridized carbons (Fsp3) is 0.545. The number of aromatic nitrogens is 1. The molecule has 100 valence electrons. The second kappa shape index (κ2) is 5.59. The summed E-state index contributed by atoms with van der Waals surface area (Å²) in [6.07, 6.45) is -0.494. The van der Waals surface area contributed by atoms with Crippen LogP contribution in [0.2, 0.25) is 5.02 Å². The minimum Gasteiger partial charge on any atom is -0.352 e. The van der Waals surface area contributed by atoms with Gasteiger partial charge in [-0.3, -0.25) is 4.79 Å². The van der Waals surface area contributed by atoms with Crippen LogP contribution in [0, 0.1) is 6.92 Å². The maximum atomic E-state index is 13.6. The average Bonchev–Trinajstić information content (AvgIpc) is 2.60. The van der Waals surface area contributed by atoms with E-state index < -0.39 is 12.2 Å². The summed E-state index contributed by atoms with van der Waals surface area (Å²) in [4.78, 5) is 14.9. The molecular formula is C11H14BrClFN3O. The topological polar surface area (TPSA) is 56.9 Å². The lowest BCUT2D eigenvalue weighted by atomic mass is 10.0. The van der Waals surface area contributed by atoms with Gasteiger partial charge in [0.2, 0.25) is 0 Å². The van der Waals surface area contributed by atoms with Gasteiger partial charge in [0, 0.05) is 12.2 Å². The number of hydrogen-bond acceptors (Lipinski definition) is 2. The lowest BCUT2D eigenvalue weighted by Crippen LogP contribution is -2.50. The van der Waals surface area contributed by atoms with Crippen LogP contribution in [-0.2, 0) is 0 Å². The Morgan fingerprint density at radius 3 is 2.89 bits per heavy atom. The number of halogens is 3. The van der Waals surface area contributed by atoms with Crippen LogP contribution in [0.15, 0.2) is 4.47 Å². The van der Waals surface area contributed by atoms with Gasteiger partial charge < -0.3 is 15.6 Å². The van der Waals surface area contributed by atoms with Crippen LogP contribution < -0.4 is 10.6 Å². The van der Waals surface area contributed by atoms with Gasteiger partial charge >= 0.3 is 0 Å². The summed E-state index contributed by atoms with van der Waals surface area (Å²) in [5, 5.41) is 5.94. The summed E-state index contributed by atoms with van der Waals surface area (Å²) in [5.41, 5.74) is 1.04. The number of carbonyl (C=O) groups is 1. The first-order valence-electron chi connectivity index (χ1n) is 5.70. The van der Waals surface area contributed by atoms with Crippen molar-refractivity contribution in [3.05, 3.63) is 20.9 Å². The molecule has 1 aliphatic rings. The molecule has 1 aliphatic heterocycles. The van der Waals surface area contributed by atoms with Crippen LogP contribution in [0.3, 0.4) is 0 Å². The van der Waals surface area contributed by atoms with Crippen LogP contribution in [0.4, 0.5) is 4.39 Å². The van der Waals surface area contributed by atoms with Crippen LogP contribution in [0.25, 0.3) is 0 Å². The van der Waals surface area contributed by atoms with Gasteiger partial charge in [0.15, 0.2) is 0 Å². The Labute approximate surface area is 118 Å². The standard InChI is InChI=1S/C11H14BrClFN3O/c1-5-8(12)9(13)10(16-5)11(18)17-7-2-3-15-4-6(7)14/h6-7,15-16H,2-4H2,1H3,(H,17,18)/t6-,7-/m1/s1. The molecule has 0 bridgehead atoms. The Balaban J connectivity index is 2.09. The van der Waals surface area contributed by atoms with Crippen molar-refractivity contribution in [3.63, 3.8) is 0 Å². The summed E-state index contributed by atoms with van der Waals surface area (Å²) in [7, 11) is 0. The van der Waals surface area contributed by atoms with E-state index in [1.165, 1.54) is 0 Å². The monoisotopic (exact) mass is 337 g/mol. The number of nitrogens with one attached hydrogen (secondary N) is 3. The van der Waals surface area contributed by atoms with E-state index in [-0.39, 0.29) is 18.1 Å². The van der Waals surface area contributed by atoms with E-state index in [1.54, 1.807) is 6.92 Å². The largest absolute Gasteiger partial charge is 0.352 e. The number of piperidine rings is 1. The van der Waals surface area contributed by atoms with Gasteiger partial charge in [-0.25, -0.2) is 4.39 Å². The zero-order valence-corrected chi connectivity index (χ0v) is 12.2. The molecule has 0 unspecified atom stereocenters. The molecule has 3 N–H and O–H groups in total. The SMILES string of the molecule is Cc1[nH]c(C(=O)N[C@@H]2CCNC[C@H]2F)c(Cl)c1Br. The van der Waals surface area contributed by atoms with E-state index in [0.717, 1.165) is 5.69 Å². The second-order valence-corrected chi connectivity index (χ2v) is 5.51. The van der Waals surface area contributed by atoms with E-state index in [4.69, 9.17) is 11.6 Å². The molecule has 2 heterocycles. The van der Waals surface area contributed by atoms with Crippen molar-refractivity contribution in [2.75, 3.05) is 13.1 Å². The number of hydrogen-bond donors (Lipinski definition) is 3. The Kier molecular flexibility index (Phi) is 4.29. The third-order valence-corrected chi connectivity index (χ3v) is 4.60. The van der Waals surface area contributed by atoms with Crippen LogP contribution >= 0.6 is 27.5 Å². The highest BCUT2D eigenvalue weighted by Gasteiger charge is 2.28. The fourth-order valence-corrected chi connectivity index (χ4v) is 2.52. The second-order valence-electron chi connectivity index (χ2n) is 4.34. The van der Waals surface area contributed by atoms with E-state index in [9.17, 15) is 9.18 Å². The molecule has 1 aromatic rings. The zero-order valence-electron chi connectivity index (χ0n) is 9.82. The number of carbonyl (C=O) groups excluding carboxylic acids is 1. The summed E-state index contributed by atoms with van der Waals surface area (Å²) in [6, 6.07) is -0.461. The molecule has 0 radical (unpaired) electrons. The van der Waals surface area contributed by atoms with Crippen LogP contribution in [0.5, 0.6) is 0 Å². The molecule has 0 aromatic carbocycles. The molecule has 7 heteroatoms. The fourth-order valence-electron chi connectivity index (χ4n) is 1.95. The van der Waals surface area contributed by atoms with Crippen molar-refractivity contribution in [2.24, 2.45) is 0 Å². The van der Waals surface area contributed by atoms with Gasteiger partial charge in [-0.1, -0.05) is 11.6 Å². The number of rotatable bonds is 2. The van der Waals surface area contributed by atoms with E-state index in [1.807, 2.05) is 0 Å². The van der Waals surface area contributed by atoms with Crippen LogP contribution in [-0.4, -0.2) is 36.2 Å². The quantitative estimate of drug-likeness (QED) is 0.774. The molecule has 2 rings (SSSR count). The first-order chi connectivity index (χ1) is 8.50. The van der Waals surface area contributed by atoms with Crippen molar-refractivity contribution in [3.8, 4) is 0 Å². The van der Waals surface area contributed by atoms with Crippen molar-refractivity contribution in [2.45, 2.75) is 25.6 Å². The predicted molar refractivity (Wildman–Crippen MR) is 71.9 cm³/mol. The number of aromatic amines is 1. The van der Waals surface area contributed by atoms with Gasteiger partial charge in [0.1, 0.15) is 11.9 Å². The van der Waals surface area contributed by atoms with Crippen molar-refractivity contribution in [1.82, 2.24) is 15.6 Å². The zero-order chi connectivity index (χ0) is 13.3. The summed E-state index contributed by atoms with van der Waals surface area (Å²) >= 11 is 9.30. The number of amides is 1. The molecule has 2 atom stereocenters. The van der Waals surface area contributed by atoms with Gasteiger partial charge in [0.05, 0.1) is 15.5 Å². The number of H-pyrrole nitrogens is 1. The molecule has 1 fully saturated rings.